The second-order valence-corrected chi connectivity index (χ2v) is 7.57. The van der Waals surface area contributed by atoms with Crippen LogP contribution in [0.2, 0.25) is 0 Å². The molecule has 25 heavy (non-hydrogen) atoms. The van der Waals surface area contributed by atoms with E-state index < -0.39 is 0 Å². The lowest BCUT2D eigenvalue weighted by Crippen LogP contribution is -2.12. The summed E-state index contributed by atoms with van der Waals surface area (Å²) in [6.45, 7) is 12.2. The molecular formula is C22H21BrClN. The number of hydrogen-bond acceptors (Lipinski definition) is 0. The van der Waals surface area contributed by atoms with Crippen LogP contribution in [0.25, 0.3) is 27.5 Å². The number of benzene rings is 1. The van der Waals surface area contributed by atoms with Crippen molar-refractivity contribution in [1.82, 2.24) is 4.57 Å². The zero-order valence-corrected chi connectivity index (χ0v) is 16.9. The van der Waals surface area contributed by atoms with Gasteiger partial charge in [-0.25, -0.2) is 0 Å². The van der Waals surface area contributed by atoms with Gasteiger partial charge in [0.25, 0.3) is 0 Å². The molecular weight excluding hydrogens is 394 g/mol. The number of hydrogen-bond donors (Lipinski definition) is 0. The van der Waals surface area contributed by atoms with E-state index in [0.29, 0.717) is 0 Å². The predicted molar refractivity (Wildman–Crippen MR) is 116 cm³/mol. The number of fused-ring (bicyclic) bond motifs is 1. The quantitative estimate of drug-likeness (QED) is 0.485. The van der Waals surface area contributed by atoms with Crippen molar-refractivity contribution in [1.29, 1.82) is 0 Å². The van der Waals surface area contributed by atoms with Gasteiger partial charge in [0, 0.05) is 20.6 Å². The predicted octanol–water partition coefficient (Wildman–Crippen LogP) is 7.62. The van der Waals surface area contributed by atoms with Crippen LogP contribution in [-0.2, 0) is 0 Å². The molecule has 2 aromatic rings. The Bertz CT molecular complexity index is 956. The fourth-order valence-corrected chi connectivity index (χ4v) is 4.08. The molecule has 0 saturated carbocycles. The Hall–Kier alpha value is -1.77. The molecule has 0 bridgehead atoms. The molecule has 0 radical (unpaired) electrons. The van der Waals surface area contributed by atoms with Crippen LogP contribution in [0.4, 0.5) is 0 Å². The smallest absolute Gasteiger partial charge is 0.0732 e. The summed E-state index contributed by atoms with van der Waals surface area (Å²) in [6, 6.07) is 4.49. The van der Waals surface area contributed by atoms with Crippen molar-refractivity contribution in [2.45, 2.75) is 26.3 Å². The molecule has 0 aliphatic heterocycles. The van der Waals surface area contributed by atoms with Crippen LogP contribution in [0.1, 0.15) is 41.8 Å². The summed E-state index contributed by atoms with van der Waals surface area (Å²) in [5.74, 6) is 0. The number of nitrogens with zero attached hydrogens (tertiary/aromatic N) is 1. The van der Waals surface area contributed by atoms with Gasteiger partial charge < -0.3 is 4.57 Å². The largest absolute Gasteiger partial charge is 0.332 e. The summed E-state index contributed by atoms with van der Waals surface area (Å²) in [6.07, 6.45) is 13.2. The van der Waals surface area contributed by atoms with Crippen LogP contribution >= 0.6 is 27.5 Å². The first-order chi connectivity index (χ1) is 12.0. The lowest BCUT2D eigenvalue weighted by molar-refractivity contribution is 0.613. The van der Waals surface area contributed by atoms with Crippen LogP contribution < -0.4 is 0 Å². The van der Waals surface area contributed by atoms with Crippen molar-refractivity contribution in [3.8, 4) is 0 Å². The summed E-state index contributed by atoms with van der Waals surface area (Å²) in [5, 5.41) is 2.08. The molecule has 3 rings (SSSR count). The van der Waals surface area contributed by atoms with Gasteiger partial charge in [-0.3, -0.25) is 0 Å². The molecule has 0 spiro atoms. The minimum absolute atomic E-state index is 0.111. The average Bonchev–Trinajstić information content (AvgIpc) is 2.86. The molecule has 1 aromatic carbocycles. The van der Waals surface area contributed by atoms with E-state index in [1.807, 2.05) is 25.2 Å². The van der Waals surface area contributed by atoms with E-state index in [2.05, 4.69) is 70.9 Å². The van der Waals surface area contributed by atoms with Crippen LogP contribution in [0.3, 0.4) is 0 Å². The van der Waals surface area contributed by atoms with Crippen LogP contribution in [0, 0.1) is 6.92 Å². The molecule has 1 unspecified atom stereocenters. The van der Waals surface area contributed by atoms with Gasteiger partial charge in [-0.1, -0.05) is 65.0 Å². The van der Waals surface area contributed by atoms with Crippen LogP contribution in [-0.4, -0.2) is 4.57 Å². The summed E-state index contributed by atoms with van der Waals surface area (Å²) in [7, 11) is 0. The monoisotopic (exact) mass is 413 g/mol. The molecule has 0 fully saturated rings. The van der Waals surface area contributed by atoms with Gasteiger partial charge >= 0.3 is 0 Å². The second-order valence-electron chi connectivity index (χ2n) is 6.18. The molecule has 0 N–H and O–H groups in total. The van der Waals surface area contributed by atoms with Gasteiger partial charge in [-0.15, -0.1) is 0 Å². The number of aromatic nitrogens is 1. The van der Waals surface area contributed by atoms with Crippen LogP contribution in [0.5, 0.6) is 0 Å². The third-order valence-corrected chi connectivity index (χ3v) is 5.50. The minimum Gasteiger partial charge on any atom is -0.332 e. The van der Waals surface area contributed by atoms with Gasteiger partial charge in [0.2, 0.25) is 0 Å². The van der Waals surface area contributed by atoms with Crippen molar-refractivity contribution >= 4 is 55.1 Å². The highest BCUT2D eigenvalue weighted by Gasteiger charge is 2.23. The summed E-state index contributed by atoms with van der Waals surface area (Å²) < 4.78 is 3.20. The van der Waals surface area contributed by atoms with Crippen molar-refractivity contribution in [2.24, 2.45) is 0 Å². The van der Waals surface area contributed by atoms with Crippen molar-refractivity contribution in [3.05, 3.63) is 77.0 Å². The molecule has 1 aliphatic rings. The molecule has 1 heterocycles. The first-order valence-electron chi connectivity index (χ1n) is 8.30. The SMILES string of the molecule is C=Cc1cc2c(C)c(/C=C\C)n(C3CC=CC=C3Cl)c2cc1C(=C)Br. The third kappa shape index (κ3) is 3.09. The normalized spacial score (nSPS) is 17.3. The van der Waals surface area contributed by atoms with E-state index in [0.717, 1.165) is 27.1 Å². The van der Waals surface area contributed by atoms with Gasteiger partial charge in [0.15, 0.2) is 0 Å². The number of rotatable bonds is 4. The lowest BCUT2D eigenvalue weighted by atomic mass is 10.0. The topological polar surface area (TPSA) is 4.93 Å². The van der Waals surface area contributed by atoms with Gasteiger partial charge in [-0.2, -0.15) is 0 Å². The van der Waals surface area contributed by atoms with E-state index in [4.69, 9.17) is 11.6 Å². The van der Waals surface area contributed by atoms with Crippen molar-refractivity contribution in [2.75, 3.05) is 0 Å². The third-order valence-electron chi connectivity index (χ3n) is 4.69. The van der Waals surface area contributed by atoms with Gasteiger partial charge in [-0.05, 0) is 61.2 Å². The molecule has 0 amide bonds. The van der Waals surface area contributed by atoms with Crippen molar-refractivity contribution < 1.29 is 0 Å². The summed E-state index contributed by atoms with van der Waals surface area (Å²) in [4.78, 5) is 0. The number of aryl methyl sites for hydroxylation is 1. The van der Waals surface area contributed by atoms with Crippen LogP contribution in [0.15, 0.2) is 54.6 Å². The maximum Gasteiger partial charge on any atom is 0.0732 e. The zero-order chi connectivity index (χ0) is 18.1. The Kier molecular flexibility index (Phi) is 5.21. The summed E-state index contributed by atoms with van der Waals surface area (Å²) >= 11 is 10.1. The van der Waals surface area contributed by atoms with Gasteiger partial charge in [0.05, 0.1) is 11.6 Å². The van der Waals surface area contributed by atoms with E-state index in [1.165, 1.54) is 22.2 Å². The average molecular weight is 415 g/mol. The molecule has 1 aromatic heterocycles. The van der Waals surface area contributed by atoms with E-state index in [-0.39, 0.29) is 6.04 Å². The maximum atomic E-state index is 6.58. The highest BCUT2D eigenvalue weighted by atomic mass is 79.9. The molecule has 3 heteroatoms. The van der Waals surface area contributed by atoms with E-state index in [1.54, 1.807) is 0 Å². The van der Waals surface area contributed by atoms with E-state index >= 15 is 0 Å². The van der Waals surface area contributed by atoms with E-state index in [9.17, 15) is 0 Å². The first-order valence-corrected chi connectivity index (χ1v) is 9.47. The zero-order valence-electron chi connectivity index (χ0n) is 14.5. The molecule has 128 valence electrons. The standard InChI is InChI=1S/C22H21BrClN/c1-5-9-20-14(3)17-12-16(6-2)18(15(4)23)13-22(17)25(20)21-11-8-7-10-19(21)24/h5-10,12-13,21H,2,4,11H2,1,3H3/b9-5-. The fourth-order valence-electron chi connectivity index (χ4n) is 3.48. The first kappa shape index (κ1) is 18.0. The minimum atomic E-state index is 0.111. The highest BCUT2D eigenvalue weighted by molar-refractivity contribution is 9.15. The van der Waals surface area contributed by atoms with Gasteiger partial charge in [0.1, 0.15) is 0 Å². The number of allylic oxidation sites excluding steroid dienone is 5. The molecule has 0 saturated heterocycles. The second kappa shape index (κ2) is 7.23. The summed E-state index contributed by atoms with van der Waals surface area (Å²) in [5.41, 5.74) is 5.74. The molecule has 1 aliphatic carbocycles. The maximum absolute atomic E-state index is 6.58. The Labute approximate surface area is 162 Å². The Balaban J connectivity index is 2.40. The lowest BCUT2D eigenvalue weighted by Gasteiger charge is -2.23. The fraction of sp³-hybridized carbons (Fsp3) is 0.182. The van der Waals surface area contributed by atoms with Crippen molar-refractivity contribution in [3.63, 3.8) is 0 Å². The molecule has 1 nitrogen and oxygen atoms in total. The Morgan fingerprint density at radius 2 is 2.16 bits per heavy atom. The molecule has 1 atom stereocenters. The Morgan fingerprint density at radius 1 is 1.40 bits per heavy atom. The number of halogens is 2. The highest BCUT2D eigenvalue weighted by Crippen LogP contribution is 2.39. The Morgan fingerprint density at radius 3 is 2.76 bits per heavy atom.